The summed E-state index contributed by atoms with van der Waals surface area (Å²) in [5.41, 5.74) is 4.60. The quantitative estimate of drug-likeness (QED) is 0.790. The minimum Gasteiger partial charge on any atom is -0.374 e. The number of aryl methyl sites for hydroxylation is 1. The average molecular weight is 246 g/mol. The molecule has 0 N–H and O–H groups in total. The van der Waals surface area contributed by atoms with Gasteiger partial charge in [0.2, 0.25) is 0 Å². The zero-order chi connectivity index (χ0) is 13.3. The van der Waals surface area contributed by atoms with Gasteiger partial charge in [0, 0.05) is 31.4 Å². The van der Waals surface area contributed by atoms with Crippen LogP contribution < -0.4 is 4.90 Å². The van der Waals surface area contributed by atoms with Crippen LogP contribution in [0.5, 0.6) is 0 Å². The van der Waals surface area contributed by atoms with E-state index in [1.165, 1.54) is 36.2 Å². The summed E-state index contributed by atoms with van der Waals surface area (Å²) in [5.74, 6) is 0. The minimum absolute atomic E-state index is 0.229. The van der Waals surface area contributed by atoms with Crippen molar-refractivity contribution in [2.75, 3.05) is 25.5 Å². The molecule has 0 amide bonds. The molecule has 2 heteroatoms. The third kappa shape index (κ3) is 2.86. The topological polar surface area (TPSA) is 6.48 Å². The van der Waals surface area contributed by atoms with E-state index in [1.807, 2.05) is 0 Å². The maximum Gasteiger partial charge on any atom is 0.0396 e. The summed E-state index contributed by atoms with van der Waals surface area (Å²) in [7, 11) is 4.39. The Morgan fingerprint density at radius 2 is 2.00 bits per heavy atom. The van der Waals surface area contributed by atoms with Crippen LogP contribution in [0.2, 0.25) is 0 Å². The molecule has 0 unspecified atom stereocenters. The van der Waals surface area contributed by atoms with Gasteiger partial charge in [-0.25, -0.2) is 0 Å². The summed E-state index contributed by atoms with van der Waals surface area (Å²) >= 11 is 0. The lowest BCUT2D eigenvalue weighted by atomic mass is 9.98. The summed E-state index contributed by atoms with van der Waals surface area (Å²) in [6, 6.07) is 6.97. The molecule has 2 nitrogen and oxygen atoms in total. The summed E-state index contributed by atoms with van der Waals surface area (Å²) in [6.07, 6.45) is 2.51. The van der Waals surface area contributed by atoms with E-state index in [0.29, 0.717) is 0 Å². The molecule has 0 aromatic heterocycles. The lowest BCUT2D eigenvalue weighted by Crippen LogP contribution is -2.37. The predicted octanol–water partition coefficient (Wildman–Crippen LogP) is 3.30. The Hall–Kier alpha value is -1.02. The summed E-state index contributed by atoms with van der Waals surface area (Å²) in [5, 5.41) is 0. The molecule has 1 heterocycles. The number of rotatable bonds is 2. The van der Waals surface area contributed by atoms with Crippen molar-refractivity contribution in [3.05, 3.63) is 29.3 Å². The van der Waals surface area contributed by atoms with Crippen LogP contribution in [0.1, 0.15) is 38.3 Å². The minimum atomic E-state index is 0.229. The molecule has 1 aliphatic heterocycles. The van der Waals surface area contributed by atoms with Crippen LogP contribution in [0, 0.1) is 0 Å². The highest BCUT2D eigenvalue weighted by molar-refractivity contribution is 5.56. The highest BCUT2D eigenvalue weighted by atomic mass is 15.2. The fraction of sp³-hybridized carbons (Fsp3) is 0.625. The number of hydrogen-bond acceptors (Lipinski definition) is 2. The molecule has 0 aliphatic carbocycles. The monoisotopic (exact) mass is 246 g/mol. The second-order valence-corrected chi connectivity index (χ2v) is 6.52. The van der Waals surface area contributed by atoms with Crippen LogP contribution in [0.3, 0.4) is 0 Å². The largest absolute Gasteiger partial charge is 0.374 e. The highest BCUT2D eigenvalue weighted by Gasteiger charge is 2.18. The average Bonchev–Trinajstić information content (AvgIpc) is 2.28. The molecule has 0 bridgehead atoms. The lowest BCUT2D eigenvalue weighted by molar-refractivity contribution is 0.167. The van der Waals surface area contributed by atoms with E-state index in [0.717, 1.165) is 6.54 Å². The van der Waals surface area contributed by atoms with E-state index in [9.17, 15) is 0 Å². The molecule has 100 valence electrons. The third-order valence-electron chi connectivity index (χ3n) is 4.06. The van der Waals surface area contributed by atoms with Gasteiger partial charge < -0.3 is 4.90 Å². The van der Waals surface area contributed by atoms with Crippen molar-refractivity contribution in [3.8, 4) is 0 Å². The van der Waals surface area contributed by atoms with Crippen LogP contribution in [-0.2, 0) is 13.0 Å². The number of fused-ring (bicyclic) bond motifs is 1. The van der Waals surface area contributed by atoms with Crippen LogP contribution in [0.4, 0.5) is 5.69 Å². The van der Waals surface area contributed by atoms with Crippen molar-refractivity contribution in [2.45, 2.75) is 45.7 Å². The molecule has 18 heavy (non-hydrogen) atoms. The van der Waals surface area contributed by atoms with Crippen LogP contribution >= 0.6 is 0 Å². The van der Waals surface area contributed by atoms with Gasteiger partial charge in [0.1, 0.15) is 0 Å². The number of benzene rings is 1. The van der Waals surface area contributed by atoms with Gasteiger partial charge in [-0.15, -0.1) is 0 Å². The second-order valence-electron chi connectivity index (χ2n) is 6.52. The van der Waals surface area contributed by atoms with Crippen LogP contribution in [-0.4, -0.2) is 31.1 Å². The Balaban J connectivity index is 2.17. The van der Waals surface area contributed by atoms with Gasteiger partial charge in [-0.3, -0.25) is 4.90 Å². The molecule has 1 aliphatic rings. The number of anilines is 1. The van der Waals surface area contributed by atoms with Crippen molar-refractivity contribution >= 4 is 5.69 Å². The maximum atomic E-state index is 2.40. The van der Waals surface area contributed by atoms with E-state index < -0.39 is 0 Å². The summed E-state index contributed by atoms with van der Waals surface area (Å²) in [4.78, 5) is 4.78. The van der Waals surface area contributed by atoms with E-state index in [4.69, 9.17) is 0 Å². The van der Waals surface area contributed by atoms with E-state index in [-0.39, 0.29) is 5.54 Å². The lowest BCUT2D eigenvalue weighted by Gasteiger charge is -2.33. The molecule has 0 saturated heterocycles. The first-order valence-electron chi connectivity index (χ1n) is 6.92. The van der Waals surface area contributed by atoms with Gasteiger partial charge in [0.05, 0.1) is 0 Å². The van der Waals surface area contributed by atoms with Gasteiger partial charge in [-0.05, 0) is 57.9 Å². The van der Waals surface area contributed by atoms with E-state index in [1.54, 1.807) is 0 Å². The van der Waals surface area contributed by atoms with Gasteiger partial charge in [0.25, 0.3) is 0 Å². The Kier molecular flexibility index (Phi) is 3.67. The van der Waals surface area contributed by atoms with Crippen molar-refractivity contribution in [3.63, 3.8) is 0 Å². The van der Waals surface area contributed by atoms with Gasteiger partial charge in [0.15, 0.2) is 0 Å². The second kappa shape index (κ2) is 4.93. The van der Waals surface area contributed by atoms with Crippen molar-refractivity contribution in [1.82, 2.24) is 4.90 Å². The van der Waals surface area contributed by atoms with Crippen molar-refractivity contribution < 1.29 is 0 Å². The Morgan fingerprint density at radius 1 is 1.28 bits per heavy atom. The Labute approximate surface area is 112 Å². The molecular formula is C16H26N2. The number of nitrogens with zero attached hydrogens (tertiary/aromatic N) is 2. The van der Waals surface area contributed by atoms with Crippen LogP contribution in [0.25, 0.3) is 0 Å². The van der Waals surface area contributed by atoms with E-state index in [2.05, 4.69) is 62.9 Å². The molecule has 2 rings (SSSR count). The standard InChI is InChI=1S/C16H26N2/c1-16(2,3)18(5)12-13-8-9-15-14(11-13)7-6-10-17(15)4/h8-9,11H,6-7,10,12H2,1-5H3. The van der Waals surface area contributed by atoms with Gasteiger partial charge >= 0.3 is 0 Å². The third-order valence-corrected chi connectivity index (χ3v) is 4.06. The Bertz CT molecular complexity index is 418. The SMILES string of the molecule is CN1CCCc2cc(CN(C)C(C)(C)C)ccc21. The van der Waals surface area contributed by atoms with Crippen LogP contribution in [0.15, 0.2) is 18.2 Å². The zero-order valence-electron chi connectivity index (χ0n) is 12.5. The van der Waals surface area contributed by atoms with Crippen molar-refractivity contribution in [2.24, 2.45) is 0 Å². The Morgan fingerprint density at radius 3 is 2.67 bits per heavy atom. The maximum absolute atomic E-state index is 2.40. The summed E-state index contributed by atoms with van der Waals surface area (Å²) in [6.45, 7) is 9.01. The summed E-state index contributed by atoms with van der Waals surface area (Å²) < 4.78 is 0. The molecule has 0 atom stereocenters. The zero-order valence-corrected chi connectivity index (χ0v) is 12.5. The van der Waals surface area contributed by atoms with E-state index >= 15 is 0 Å². The molecule has 1 aromatic carbocycles. The molecule has 0 fully saturated rings. The normalized spacial score (nSPS) is 16.0. The molecule has 0 saturated carbocycles. The van der Waals surface area contributed by atoms with Crippen molar-refractivity contribution in [1.29, 1.82) is 0 Å². The molecule has 0 radical (unpaired) electrons. The first-order chi connectivity index (χ1) is 8.38. The smallest absolute Gasteiger partial charge is 0.0396 e. The molecule has 1 aromatic rings. The van der Waals surface area contributed by atoms with Gasteiger partial charge in [-0.1, -0.05) is 12.1 Å². The fourth-order valence-corrected chi connectivity index (χ4v) is 2.45. The fourth-order valence-electron chi connectivity index (χ4n) is 2.45. The number of hydrogen-bond donors (Lipinski definition) is 0. The molecule has 0 spiro atoms. The highest BCUT2D eigenvalue weighted by Crippen LogP contribution is 2.27. The first kappa shape index (κ1) is 13.4. The first-order valence-corrected chi connectivity index (χ1v) is 6.92. The van der Waals surface area contributed by atoms with Gasteiger partial charge in [-0.2, -0.15) is 0 Å². The molecular weight excluding hydrogens is 220 g/mol. The predicted molar refractivity (Wildman–Crippen MR) is 79.3 cm³/mol.